The van der Waals surface area contributed by atoms with Gasteiger partial charge in [0.2, 0.25) is 0 Å². The van der Waals surface area contributed by atoms with E-state index < -0.39 is 0 Å². The molecule has 1 N–H and O–H groups in total. The molecule has 1 saturated heterocycles. The highest BCUT2D eigenvalue weighted by molar-refractivity contribution is 4.96. The fraction of sp³-hybridized carbons (Fsp3) is 1.00. The second-order valence-electron chi connectivity index (χ2n) is 9.84. The van der Waals surface area contributed by atoms with Crippen molar-refractivity contribution in [1.82, 2.24) is 5.32 Å². The van der Waals surface area contributed by atoms with Crippen molar-refractivity contribution in [3.05, 3.63) is 0 Å². The molecular weight excluding hydrogens is 290 g/mol. The first-order valence-electron chi connectivity index (χ1n) is 11.1. The molecule has 0 aliphatic carbocycles. The number of rotatable bonds is 13. The molecule has 0 aromatic carbocycles. The van der Waals surface area contributed by atoms with Crippen molar-refractivity contribution in [3.8, 4) is 0 Å². The monoisotopic (exact) mass is 337 g/mol. The average molecular weight is 338 g/mol. The van der Waals surface area contributed by atoms with Gasteiger partial charge in [-0.25, -0.2) is 0 Å². The number of piperidine rings is 1. The molecule has 0 atom stereocenters. The molecule has 0 bridgehead atoms. The summed E-state index contributed by atoms with van der Waals surface area (Å²) in [5, 5.41) is 3.81. The number of unbranched alkanes of at least 4 members (excludes halogenated alkanes) is 11. The van der Waals surface area contributed by atoms with Gasteiger partial charge in [0.1, 0.15) is 0 Å². The van der Waals surface area contributed by atoms with Crippen molar-refractivity contribution in [1.29, 1.82) is 0 Å². The molecule has 0 radical (unpaired) electrons. The van der Waals surface area contributed by atoms with E-state index in [-0.39, 0.29) is 0 Å². The van der Waals surface area contributed by atoms with Gasteiger partial charge in [0.05, 0.1) is 0 Å². The summed E-state index contributed by atoms with van der Waals surface area (Å²) in [7, 11) is 0. The van der Waals surface area contributed by atoms with Gasteiger partial charge in [-0.05, 0) is 46.5 Å². The van der Waals surface area contributed by atoms with Crippen LogP contribution in [0.3, 0.4) is 0 Å². The smallest absolute Gasteiger partial charge is 0.0132 e. The lowest BCUT2D eigenvalue weighted by Crippen LogP contribution is -2.57. The van der Waals surface area contributed by atoms with Crippen molar-refractivity contribution in [2.45, 2.75) is 142 Å². The Kier molecular flexibility index (Phi) is 10.6. The van der Waals surface area contributed by atoms with E-state index in [1.807, 2.05) is 0 Å². The van der Waals surface area contributed by atoms with Gasteiger partial charge < -0.3 is 5.32 Å². The van der Waals surface area contributed by atoms with Gasteiger partial charge in [-0.2, -0.15) is 0 Å². The largest absolute Gasteiger partial charge is 0.307 e. The van der Waals surface area contributed by atoms with Gasteiger partial charge in [-0.15, -0.1) is 0 Å². The van der Waals surface area contributed by atoms with Gasteiger partial charge >= 0.3 is 0 Å². The molecule has 24 heavy (non-hydrogen) atoms. The van der Waals surface area contributed by atoms with Crippen molar-refractivity contribution < 1.29 is 0 Å². The van der Waals surface area contributed by atoms with Crippen molar-refractivity contribution in [2.75, 3.05) is 0 Å². The Bertz CT molecular complexity index is 289. The van der Waals surface area contributed by atoms with Crippen LogP contribution in [0.1, 0.15) is 131 Å². The minimum Gasteiger partial charge on any atom is -0.307 e. The van der Waals surface area contributed by atoms with Gasteiger partial charge in [-0.3, -0.25) is 0 Å². The standard InChI is InChI=1S/C23H47N/c1-6-7-8-9-10-11-12-13-14-15-16-17-18-21-19-22(2,3)24-23(4,5)20-21/h21,24H,6-20H2,1-5H3. The molecule has 0 aromatic heterocycles. The van der Waals surface area contributed by atoms with Crippen LogP contribution in [0.5, 0.6) is 0 Å². The molecule has 1 heterocycles. The quantitative estimate of drug-likeness (QED) is 0.340. The Morgan fingerprint density at radius 2 is 1.00 bits per heavy atom. The molecule has 1 aliphatic heterocycles. The Hall–Kier alpha value is -0.0400. The van der Waals surface area contributed by atoms with Crippen LogP contribution in [-0.2, 0) is 0 Å². The third kappa shape index (κ3) is 10.7. The normalized spacial score (nSPS) is 20.4. The lowest BCUT2D eigenvalue weighted by atomic mass is 9.74. The number of nitrogens with one attached hydrogen (secondary N) is 1. The Morgan fingerprint density at radius 3 is 1.42 bits per heavy atom. The molecule has 144 valence electrons. The summed E-state index contributed by atoms with van der Waals surface area (Å²) in [6, 6.07) is 0. The Morgan fingerprint density at radius 1 is 0.625 bits per heavy atom. The molecular formula is C23H47N. The van der Waals surface area contributed by atoms with Crippen LogP contribution in [0, 0.1) is 5.92 Å². The molecule has 1 heteroatoms. The molecule has 0 spiro atoms. The van der Waals surface area contributed by atoms with Gasteiger partial charge in [0.25, 0.3) is 0 Å². The summed E-state index contributed by atoms with van der Waals surface area (Å²) < 4.78 is 0. The highest BCUT2D eigenvalue weighted by Gasteiger charge is 2.36. The number of hydrogen-bond acceptors (Lipinski definition) is 1. The fourth-order valence-electron chi connectivity index (χ4n) is 5.01. The van der Waals surface area contributed by atoms with Gasteiger partial charge in [-0.1, -0.05) is 90.4 Å². The highest BCUT2D eigenvalue weighted by Crippen LogP contribution is 2.35. The highest BCUT2D eigenvalue weighted by atomic mass is 15.0. The second kappa shape index (κ2) is 11.6. The minimum atomic E-state index is 0.323. The topological polar surface area (TPSA) is 12.0 Å². The van der Waals surface area contributed by atoms with E-state index >= 15 is 0 Å². The van der Waals surface area contributed by atoms with Crippen LogP contribution in [0.15, 0.2) is 0 Å². The molecule has 1 nitrogen and oxygen atoms in total. The van der Waals surface area contributed by atoms with Crippen LogP contribution >= 0.6 is 0 Å². The molecule has 1 fully saturated rings. The summed E-state index contributed by atoms with van der Waals surface area (Å²) in [4.78, 5) is 0. The van der Waals surface area contributed by atoms with Crippen molar-refractivity contribution in [3.63, 3.8) is 0 Å². The molecule has 1 rings (SSSR count). The Balaban J connectivity index is 1.93. The molecule has 0 amide bonds. The van der Waals surface area contributed by atoms with E-state index in [1.54, 1.807) is 0 Å². The van der Waals surface area contributed by atoms with Crippen LogP contribution in [0.25, 0.3) is 0 Å². The zero-order valence-electron chi connectivity index (χ0n) is 17.7. The maximum atomic E-state index is 3.81. The lowest BCUT2D eigenvalue weighted by molar-refractivity contribution is 0.122. The van der Waals surface area contributed by atoms with E-state index in [4.69, 9.17) is 0 Å². The third-order valence-electron chi connectivity index (χ3n) is 5.74. The predicted octanol–water partition coefficient (Wildman–Crippen LogP) is 7.63. The van der Waals surface area contributed by atoms with Crippen molar-refractivity contribution >= 4 is 0 Å². The van der Waals surface area contributed by atoms with Crippen LogP contribution in [-0.4, -0.2) is 11.1 Å². The first-order chi connectivity index (χ1) is 11.3. The van der Waals surface area contributed by atoms with E-state index in [2.05, 4.69) is 39.9 Å². The SMILES string of the molecule is CCCCCCCCCCCCCCC1CC(C)(C)NC(C)(C)C1. The number of hydrogen-bond donors (Lipinski definition) is 1. The average Bonchev–Trinajstić information content (AvgIpc) is 2.45. The van der Waals surface area contributed by atoms with Crippen LogP contribution in [0.4, 0.5) is 0 Å². The maximum absolute atomic E-state index is 3.81. The molecule has 0 aromatic rings. The van der Waals surface area contributed by atoms with Gasteiger partial charge in [0, 0.05) is 11.1 Å². The second-order valence-corrected chi connectivity index (χ2v) is 9.84. The summed E-state index contributed by atoms with van der Waals surface area (Å²) in [5.41, 5.74) is 0.646. The van der Waals surface area contributed by atoms with E-state index in [0.717, 1.165) is 5.92 Å². The molecule has 1 aliphatic rings. The van der Waals surface area contributed by atoms with E-state index in [1.165, 1.54) is 96.3 Å². The minimum absolute atomic E-state index is 0.323. The van der Waals surface area contributed by atoms with Crippen molar-refractivity contribution in [2.24, 2.45) is 5.92 Å². The van der Waals surface area contributed by atoms with Gasteiger partial charge in [0.15, 0.2) is 0 Å². The fourth-order valence-corrected chi connectivity index (χ4v) is 5.01. The van der Waals surface area contributed by atoms with E-state index in [9.17, 15) is 0 Å². The van der Waals surface area contributed by atoms with Crippen LogP contribution in [0.2, 0.25) is 0 Å². The van der Waals surface area contributed by atoms with E-state index in [0.29, 0.717) is 11.1 Å². The summed E-state index contributed by atoms with van der Waals surface area (Å²) in [5.74, 6) is 0.930. The first-order valence-corrected chi connectivity index (χ1v) is 11.1. The summed E-state index contributed by atoms with van der Waals surface area (Å²) in [6.45, 7) is 11.8. The third-order valence-corrected chi connectivity index (χ3v) is 5.74. The molecule has 0 saturated carbocycles. The summed E-state index contributed by atoms with van der Waals surface area (Å²) in [6.07, 6.45) is 21.6. The zero-order chi connectivity index (χ0) is 17.9. The van der Waals surface area contributed by atoms with Crippen LogP contribution < -0.4 is 5.32 Å². The lowest BCUT2D eigenvalue weighted by Gasteiger charge is -2.46. The summed E-state index contributed by atoms with van der Waals surface area (Å²) >= 11 is 0. The Labute approximate surface area is 153 Å². The maximum Gasteiger partial charge on any atom is 0.0132 e. The zero-order valence-corrected chi connectivity index (χ0v) is 17.7. The molecule has 0 unspecified atom stereocenters. The first kappa shape index (κ1) is 22.0. The predicted molar refractivity (Wildman–Crippen MR) is 110 cm³/mol.